The van der Waals surface area contributed by atoms with Crippen LogP contribution in [-0.4, -0.2) is 24.1 Å². The number of Topliss-reactive ketones (excluding diaryl/α,β-unsaturated/α-hetero) is 1. The summed E-state index contributed by atoms with van der Waals surface area (Å²) in [5.41, 5.74) is -0.0124. The zero-order chi connectivity index (χ0) is 14.7. The molecule has 5 nitrogen and oxygen atoms in total. The van der Waals surface area contributed by atoms with E-state index in [2.05, 4.69) is 0 Å². The van der Waals surface area contributed by atoms with Gasteiger partial charge in [0.25, 0.3) is 0 Å². The van der Waals surface area contributed by atoms with Crippen molar-refractivity contribution in [2.24, 2.45) is 23.7 Å². The van der Waals surface area contributed by atoms with Crippen LogP contribution < -0.4 is 0 Å². The Hall–Kier alpha value is -1.70. The summed E-state index contributed by atoms with van der Waals surface area (Å²) in [4.78, 5) is 23.4. The summed E-state index contributed by atoms with van der Waals surface area (Å²) in [6.45, 7) is 1.01. The van der Waals surface area contributed by atoms with Crippen molar-refractivity contribution in [3.05, 3.63) is 0 Å². The maximum atomic E-state index is 11.7. The molecule has 0 aliphatic heterocycles. The fourth-order valence-corrected chi connectivity index (χ4v) is 3.54. The van der Waals surface area contributed by atoms with Gasteiger partial charge in [-0.25, -0.2) is 0 Å². The first-order chi connectivity index (χ1) is 9.51. The molecule has 0 heterocycles. The number of carbonyl (C=O) groups excluding carboxylic acids is 2. The average molecular weight is 276 g/mol. The number of nitrogens with zero attached hydrogens (tertiary/aromatic N) is 1. The highest BCUT2D eigenvalue weighted by atomic mass is 16.5. The Morgan fingerprint density at radius 1 is 1.40 bits per heavy atom. The van der Waals surface area contributed by atoms with Gasteiger partial charge in [0.1, 0.15) is 5.92 Å². The molecule has 4 atom stereocenters. The van der Waals surface area contributed by atoms with Gasteiger partial charge in [0, 0.05) is 12.1 Å². The molecule has 2 saturated carbocycles. The molecule has 2 rings (SSSR count). The molecule has 0 aromatic heterocycles. The maximum Gasteiger partial charge on any atom is 0.306 e. The molecule has 5 heteroatoms. The van der Waals surface area contributed by atoms with Crippen LogP contribution in [0.15, 0.2) is 0 Å². The lowest BCUT2D eigenvalue weighted by molar-refractivity contribution is -0.149. The number of hydrogen-bond donors (Lipinski definition) is 1. The highest BCUT2D eigenvalue weighted by Gasteiger charge is 2.40. The molecule has 0 spiro atoms. The van der Waals surface area contributed by atoms with Crippen LogP contribution in [-0.2, 0) is 14.3 Å². The summed E-state index contributed by atoms with van der Waals surface area (Å²) in [5, 5.41) is 16.1. The predicted molar refractivity (Wildman–Crippen MR) is 72.0 cm³/mol. The SMILES string of the molecule is CC(=N)C(C#N)C(=O)COC(=O)C[C@@H]1C[C@@H]2CC[C@H]1C2. The van der Waals surface area contributed by atoms with E-state index in [1.54, 1.807) is 6.07 Å². The summed E-state index contributed by atoms with van der Waals surface area (Å²) in [6, 6.07) is 1.75. The second-order valence-electron chi connectivity index (χ2n) is 6.01. The molecule has 0 aromatic rings. The number of rotatable bonds is 6. The van der Waals surface area contributed by atoms with Gasteiger partial charge in [-0.15, -0.1) is 0 Å². The van der Waals surface area contributed by atoms with Gasteiger partial charge in [0.15, 0.2) is 12.4 Å². The number of fused-ring (bicyclic) bond motifs is 2. The first-order valence-corrected chi connectivity index (χ1v) is 7.14. The zero-order valence-corrected chi connectivity index (χ0v) is 11.7. The first kappa shape index (κ1) is 14.7. The molecule has 1 N–H and O–H groups in total. The normalized spacial score (nSPS) is 28.7. The number of carbonyl (C=O) groups is 2. The number of esters is 1. The lowest BCUT2D eigenvalue weighted by Crippen LogP contribution is -2.26. The minimum absolute atomic E-state index is 0.0124. The van der Waals surface area contributed by atoms with Gasteiger partial charge in [-0.1, -0.05) is 6.42 Å². The quantitative estimate of drug-likeness (QED) is 0.594. The molecule has 0 amide bonds. The molecule has 0 saturated heterocycles. The van der Waals surface area contributed by atoms with Crippen molar-refractivity contribution >= 4 is 17.5 Å². The van der Waals surface area contributed by atoms with Crippen LogP contribution in [0.5, 0.6) is 0 Å². The highest BCUT2D eigenvalue weighted by Crippen LogP contribution is 2.49. The van der Waals surface area contributed by atoms with Gasteiger partial charge in [-0.2, -0.15) is 5.26 Å². The van der Waals surface area contributed by atoms with E-state index in [0.717, 1.165) is 12.3 Å². The van der Waals surface area contributed by atoms with Crippen LogP contribution in [0.1, 0.15) is 39.0 Å². The molecule has 20 heavy (non-hydrogen) atoms. The number of hydrogen-bond acceptors (Lipinski definition) is 5. The maximum absolute atomic E-state index is 11.7. The van der Waals surface area contributed by atoms with Crippen LogP contribution in [0.2, 0.25) is 0 Å². The largest absolute Gasteiger partial charge is 0.458 e. The molecule has 0 aromatic carbocycles. The smallest absolute Gasteiger partial charge is 0.306 e. The standard InChI is InChI=1S/C15H20N2O3/c1-9(17)13(7-16)14(18)8-20-15(19)6-12-5-10-2-3-11(12)4-10/h10-13,17H,2-6,8H2,1H3/t10-,11+,12+,13?/m1/s1. The monoisotopic (exact) mass is 276 g/mol. The third-order valence-corrected chi connectivity index (χ3v) is 4.57. The minimum Gasteiger partial charge on any atom is -0.458 e. The van der Waals surface area contributed by atoms with E-state index in [9.17, 15) is 9.59 Å². The summed E-state index contributed by atoms with van der Waals surface area (Å²) in [7, 11) is 0. The Balaban J connectivity index is 1.74. The van der Waals surface area contributed by atoms with Crippen LogP contribution in [0.3, 0.4) is 0 Å². The fourth-order valence-electron chi connectivity index (χ4n) is 3.54. The number of ketones is 1. The topological polar surface area (TPSA) is 91.0 Å². The summed E-state index contributed by atoms with van der Waals surface area (Å²) < 4.78 is 4.97. The third kappa shape index (κ3) is 3.24. The van der Waals surface area contributed by atoms with E-state index in [0.29, 0.717) is 18.3 Å². The zero-order valence-electron chi connectivity index (χ0n) is 11.7. The van der Waals surface area contributed by atoms with Crippen LogP contribution in [0.25, 0.3) is 0 Å². The molecule has 2 aliphatic rings. The Labute approximate surface area is 118 Å². The lowest BCUT2D eigenvalue weighted by Gasteiger charge is -2.20. The van der Waals surface area contributed by atoms with E-state index < -0.39 is 18.3 Å². The number of nitrogens with one attached hydrogen (secondary N) is 1. The minimum atomic E-state index is -1.09. The second-order valence-corrected chi connectivity index (χ2v) is 6.01. The van der Waals surface area contributed by atoms with Crippen molar-refractivity contribution in [1.82, 2.24) is 0 Å². The Morgan fingerprint density at radius 2 is 2.15 bits per heavy atom. The molecule has 2 aliphatic carbocycles. The lowest BCUT2D eigenvalue weighted by atomic mass is 9.86. The summed E-state index contributed by atoms with van der Waals surface area (Å²) in [5.74, 6) is -0.115. The van der Waals surface area contributed by atoms with Gasteiger partial charge < -0.3 is 10.1 Å². The molecular formula is C15H20N2O3. The number of ether oxygens (including phenoxy) is 1. The molecule has 0 radical (unpaired) electrons. The van der Waals surface area contributed by atoms with E-state index >= 15 is 0 Å². The van der Waals surface area contributed by atoms with Gasteiger partial charge in [-0.3, -0.25) is 9.59 Å². The van der Waals surface area contributed by atoms with Gasteiger partial charge >= 0.3 is 5.97 Å². The Bertz CT molecular complexity index is 466. The van der Waals surface area contributed by atoms with Crippen LogP contribution in [0.4, 0.5) is 0 Å². The van der Waals surface area contributed by atoms with Crippen molar-refractivity contribution in [2.45, 2.75) is 39.0 Å². The van der Waals surface area contributed by atoms with E-state index in [4.69, 9.17) is 15.4 Å². The van der Waals surface area contributed by atoms with Crippen molar-refractivity contribution in [1.29, 1.82) is 10.7 Å². The van der Waals surface area contributed by atoms with Gasteiger partial charge in [0.2, 0.25) is 0 Å². The second kappa shape index (κ2) is 6.17. The van der Waals surface area contributed by atoms with E-state index in [1.165, 1.54) is 26.2 Å². The van der Waals surface area contributed by atoms with Crippen molar-refractivity contribution in [3.8, 4) is 6.07 Å². The number of nitriles is 1. The van der Waals surface area contributed by atoms with Gasteiger partial charge in [-0.05, 0) is 43.9 Å². The van der Waals surface area contributed by atoms with Crippen molar-refractivity contribution in [2.75, 3.05) is 6.61 Å². The highest BCUT2D eigenvalue weighted by molar-refractivity contribution is 6.05. The molecule has 1 unspecified atom stereocenters. The Morgan fingerprint density at radius 3 is 2.65 bits per heavy atom. The van der Waals surface area contributed by atoms with E-state index in [1.807, 2.05) is 0 Å². The van der Waals surface area contributed by atoms with Crippen molar-refractivity contribution < 1.29 is 14.3 Å². The predicted octanol–water partition coefficient (Wildman–Crippen LogP) is 2.10. The Kier molecular flexibility index (Phi) is 4.53. The summed E-state index contributed by atoms with van der Waals surface area (Å²) in [6.07, 6.45) is 5.23. The fraction of sp³-hybridized carbons (Fsp3) is 0.733. The van der Waals surface area contributed by atoms with E-state index in [-0.39, 0.29) is 11.7 Å². The average Bonchev–Trinajstić information content (AvgIpc) is 2.99. The molecule has 2 bridgehead atoms. The molecule has 108 valence electrons. The third-order valence-electron chi connectivity index (χ3n) is 4.57. The summed E-state index contributed by atoms with van der Waals surface area (Å²) >= 11 is 0. The van der Waals surface area contributed by atoms with Gasteiger partial charge in [0.05, 0.1) is 6.07 Å². The first-order valence-electron chi connectivity index (χ1n) is 7.14. The van der Waals surface area contributed by atoms with Crippen molar-refractivity contribution in [3.63, 3.8) is 0 Å². The molecule has 2 fully saturated rings. The van der Waals surface area contributed by atoms with Crippen LogP contribution >= 0.6 is 0 Å². The van der Waals surface area contributed by atoms with Crippen LogP contribution in [0, 0.1) is 40.4 Å². The molecular weight excluding hydrogens is 256 g/mol.